The number of hydrogen-bond acceptors (Lipinski definition) is 10. The third-order valence-corrected chi connectivity index (χ3v) is 4.54. The lowest BCUT2D eigenvalue weighted by molar-refractivity contribution is -0.152. The molecule has 0 spiro atoms. The molecule has 0 aromatic heterocycles. The molecule has 2 N–H and O–H groups in total. The van der Waals surface area contributed by atoms with Crippen molar-refractivity contribution in [2.45, 2.75) is 79.4 Å². The molecule has 10 nitrogen and oxygen atoms in total. The van der Waals surface area contributed by atoms with Crippen LogP contribution in [0.1, 0.15) is 66.4 Å². The fraction of sp³-hybridized carbons (Fsp3) is 0.615. The maximum Gasteiger partial charge on any atom is 0.508 e. The third-order valence-electron chi connectivity index (χ3n) is 4.54. The van der Waals surface area contributed by atoms with Crippen LogP contribution in [0, 0.1) is 11.8 Å². The summed E-state index contributed by atoms with van der Waals surface area (Å²) < 4.78 is 25.8. The van der Waals surface area contributed by atoms with E-state index >= 15 is 0 Å². The van der Waals surface area contributed by atoms with Crippen molar-refractivity contribution < 1.29 is 42.9 Å². The monoisotopic (exact) mass is 509 g/mol. The highest BCUT2D eigenvalue weighted by Gasteiger charge is 2.22. The molecule has 0 amide bonds. The van der Waals surface area contributed by atoms with Crippen molar-refractivity contribution >= 4 is 24.1 Å². The van der Waals surface area contributed by atoms with Crippen LogP contribution in [0.15, 0.2) is 18.2 Å². The van der Waals surface area contributed by atoms with E-state index < -0.39 is 36.2 Å². The highest BCUT2D eigenvalue weighted by atomic mass is 16.7. The summed E-state index contributed by atoms with van der Waals surface area (Å²) in [5.41, 5.74) is 6.58. The largest absolute Gasteiger partial charge is 0.508 e. The highest BCUT2D eigenvalue weighted by Crippen LogP contribution is 2.30. The van der Waals surface area contributed by atoms with Crippen molar-refractivity contribution in [3.63, 3.8) is 0 Å². The Labute approximate surface area is 212 Å². The second-order valence-corrected chi connectivity index (χ2v) is 9.39. The van der Waals surface area contributed by atoms with Gasteiger partial charge in [-0.2, -0.15) is 0 Å². The minimum Gasteiger partial charge on any atom is -0.458 e. The van der Waals surface area contributed by atoms with E-state index in [1.165, 1.54) is 12.1 Å². The molecule has 10 heteroatoms. The van der Waals surface area contributed by atoms with E-state index in [0.29, 0.717) is 12.0 Å². The van der Waals surface area contributed by atoms with E-state index in [1.807, 2.05) is 34.6 Å². The molecule has 0 heterocycles. The van der Waals surface area contributed by atoms with Crippen LogP contribution < -0.4 is 15.2 Å². The molecule has 1 aromatic rings. The predicted octanol–water partition coefficient (Wildman–Crippen LogP) is 3.95. The molecule has 202 valence electrons. The summed E-state index contributed by atoms with van der Waals surface area (Å²) in [6, 6.07) is 3.61. The number of esters is 3. The quantitative estimate of drug-likeness (QED) is 0.289. The second kappa shape index (κ2) is 15.8. The van der Waals surface area contributed by atoms with Crippen LogP contribution in [0.25, 0.3) is 0 Å². The van der Waals surface area contributed by atoms with Crippen LogP contribution in [0.3, 0.4) is 0 Å². The number of nitrogens with two attached hydrogens (primary N) is 1. The molecule has 0 bridgehead atoms. The fourth-order valence-electron chi connectivity index (χ4n) is 2.91. The van der Waals surface area contributed by atoms with Gasteiger partial charge in [0.2, 0.25) is 0 Å². The van der Waals surface area contributed by atoms with Gasteiger partial charge in [-0.1, -0.05) is 40.7 Å². The fourth-order valence-corrected chi connectivity index (χ4v) is 2.91. The standard InChI is InChI=1S/C26H39NO9/c1-7-10-32-26(31)33-15-18(6)34-25(30)20(27)13-19-8-9-21(35-23(28)11-16(2)3)22(14-19)36-24(29)12-17(4)5/h8-9,14,16-18,20H,7,10-13,15,27H2,1-6H3/t18-,20-/m0/s1. The zero-order valence-electron chi connectivity index (χ0n) is 22.0. The Hall–Kier alpha value is -3.14. The smallest absolute Gasteiger partial charge is 0.458 e. The van der Waals surface area contributed by atoms with Gasteiger partial charge in [0.15, 0.2) is 11.5 Å². The third kappa shape index (κ3) is 12.5. The molecule has 0 unspecified atom stereocenters. The average Bonchev–Trinajstić information content (AvgIpc) is 2.76. The second-order valence-electron chi connectivity index (χ2n) is 9.39. The first-order chi connectivity index (χ1) is 16.9. The van der Waals surface area contributed by atoms with Crippen molar-refractivity contribution in [3.8, 4) is 11.5 Å². The van der Waals surface area contributed by atoms with Gasteiger partial charge in [-0.15, -0.1) is 0 Å². The summed E-state index contributed by atoms with van der Waals surface area (Å²) >= 11 is 0. The Morgan fingerprint density at radius 3 is 2.00 bits per heavy atom. The number of carbonyl (C=O) groups excluding carboxylic acids is 4. The van der Waals surface area contributed by atoms with Crippen LogP contribution in [0.2, 0.25) is 0 Å². The molecular formula is C26H39NO9. The molecule has 2 atom stereocenters. The summed E-state index contributed by atoms with van der Waals surface area (Å²) in [5.74, 6) is -1.26. The Balaban J connectivity index is 2.84. The Morgan fingerprint density at radius 2 is 1.44 bits per heavy atom. The Bertz CT molecular complexity index is 882. The van der Waals surface area contributed by atoms with E-state index in [-0.39, 0.29) is 55.8 Å². The topological polar surface area (TPSA) is 140 Å². The van der Waals surface area contributed by atoms with Gasteiger partial charge in [0, 0.05) is 12.8 Å². The van der Waals surface area contributed by atoms with Gasteiger partial charge in [0.25, 0.3) is 0 Å². The van der Waals surface area contributed by atoms with E-state index in [2.05, 4.69) is 0 Å². The normalized spacial score (nSPS) is 12.6. The number of benzene rings is 1. The zero-order chi connectivity index (χ0) is 27.3. The van der Waals surface area contributed by atoms with Gasteiger partial charge in [-0.3, -0.25) is 14.4 Å². The lowest BCUT2D eigenvalue weighted by Gasteiger charge is -2.18. The molecule has 36 heavy (non-hydrogen) atoms. The van der Waals surface area contributed by atoms with Crippen molar-refractivity contribution in [1.82, 2.24) is 0 Å². The molecule has 0 aliphatic rings. The van der Waals surface area contributed by atoms with E-state index in [1.54, 1.807) is 13.0 Å². The number of ether oxygens (including phenoxy) is 5. The van der Waals surface area contributed by atoms with Crippen LogP contribution in [-0.4, -0.2) is 49.4 Å². The van der Waals surface area contributed by atoms with E-state index in [9.17, 15) is 19.2 Å². The maximum absolute atomic E-state index is 12.4. The molecule has 0 aliphatic heterocycles. The Kier molecular flexibility index (Phi) is 13.5. The van der Waals surface area contributed by atoms with Gasteiger partial charge in [-0.25, -0.2) is 4.79 Å². The molecule has 1 aromatic carbocycles. The number of carbonyl (C=O) groups is 4. The van der Waals surface area contributed by atoms with Crippen LogP contribution in [-0.2, 0) is 35.0 Å². The molecule has 0 saturated heterocycles. The summed E-state index contributed by atoms with van der Waals surface area (Å²) in [6.07, 6.45) is -0.447. The number of hydrogen-bond donors (Lipinski definition) is 1. The molecule has 0 aliphatic carbocycles. The van der Waals surface area contributed by atoms with Crippen molar-refractivity contribution in [3.05, 3.63) is 23.8 Å². The van der Waals surface area contributed by atoms with Crippen molar-refractivity contribution in [2.75, 3.05) is 13.2 Å². The van der Waals surface area contributed by atoms with Crippen molar-refractivity contribution in [1.29, 1.82) is 0 Å². The van der Waals surface area contributed by atoms with Crippen LogP contribution in [0.4, 0.5) is 4.79 Å². The first-order valence-electron chi connectivity index (χ1n) is 12.2. The molecule has 1 rings (SSSR count). The van der Waals surface area contributed by atoms with Crippen molar-refractivity contribution in [2.24, 2.45) is 17.6 Å². The van der Waals surface area contributed by atoms with Gasteiger partial charge < -0.3 is 29.4 Å². The average molecular weight is 510 g/mol. The summed E-state index contributed by atoms with van der Waals surface area (Å²) in [4.78, 5) is 48.2. The van der Waals surface area contributed by atoms with E-state index in [0.717, 1.165) is 0 Å². The summed E-state index contributed by atoms with van der Waals surface area (Å²) in [6.45, 7) is 11.0. The van der Waals surface area contributed by atoms with Crippen LogP contribution >= 0.6 is 0 Å². The summed E-state index contributed by atoms with van der Waals surface area (Å²) in [5, 5.41) is 0. The van der Waals surface area contributed by atoms with Gasteiger partial charge in [0.05, 0.1) is 6.61 Å². The summed E-state index contributed by atoms with van der Waals surface area (Å²) in [7, 11) is 0. The highest BCUT2D eigenvalue weighted by molar-refractivity contribution is 5.77. The lowest BCUT2D eigenvalue weighted by Crippen LogP contribution is -2.37. The minimum atomic E-state index is -1.03. The minimum absolute atomic E-state index is 0.0693. The van der Waals surface area contributed by atoms with Gasteiger partial charge in [-0.05, 0) is 49.3 Å². The van der Waals surface area contributed by atoms with Gasteiger partial charge >= 0.3 is 24.1 Å². The first kappa shape index (κ1) is 30.9. The predicted molar refractivity (Wildman–Crippen MR) is 131 cm³/mol. The van der Waals surface area contributed by atoms with E-state index in [4.69, 9.17) is 29.4 Å². The Morgan fingerprint density at radius 1 is 0.861 bits per heavy atom. The lowest BCUT2D eigenvalue weighted by atomic mass is 10.1. The first-order valence-corrected chi connectivity index (χ1v) is 12.2. The maximum atomic E-state index is 12.4. The SMILES string of the molecule is CCCOC(=O)OC[C@H](C)OC(=O)[C@@H](N)Cc1ccc(OC(=O)CC(C)C)c(OC(=O)CC(C)C)c1. The zero-order valence-corrected chi connectivity index (χ0v) is 22.0. The molecular weight excluding hydrogens is 470 g/mol. The molecule has 0 radical (unpaired) electrons. The number of rotatable bonds is 14. The molecule has 0 saturated carbocycles. The van der Waals surface area contributed by atoms with Gasteiger partial charge in [0.1, 0.15) is 18.8 Å². The molecule has 0 fully saturated rings. The van der Waals surface area contributed by atoms with Crippen LogP contribution in [0.5, 0.6) is 11.5 Å².